The zero-order chi connectivity index (χ0) is 18.9. The molecule has 0 saturated heterocycles. The average molecular weight is 377 g/mol. The van der Waals surface area contributed by atoms with Gasteiger partial charge in [-0.1, -0.05) is 44.5 Å². The highest BCUT2D eigenvalue weighted by atomic mass is 35.5. The first-order chi connectivity index (χ1) is 12.5. The van der Waals surface area contributed by atoms with E-state index in [1.807, 2.05) is 24.3 Å². The molecule has 0 radical (unpaired) electrons. The molecule has 2 N–H and O–H groups in total. The fourth-order valence-corrected chi connectivity index (χ4v) is 2.63. The third-order valence-corrected chi connectivity index (χ3v) is 4.25. The summed E-state index contributed by atoms with van der Waals surface area (Å²) in [7, 11) is 0. The van der Waals surface area contributed by atoms with E-state index < -0.39 is 0 Å². The molecule has 1 heterocycles. The minimum Gasteiger partial charge on any atom is -0.355 e. The molecule has 0 aliphatic heterocycles. The normalized spacial score (nSPS) is 13.1. The summed E-state index contributed by atoms with van der Waals surface area (Å²) < 4.78 is 2.07. The maximum Gasteiger partial charge on any atom is 0.191 e. The second-order valence-corrected chi connectivity index (χ2v) is 7.16. The summed E-state index contributed by atoms with van der Waals surface area (Å²) in [6.45, 7) is 10.8. The summed E-state index contributed by atoms with van der Waals surface area (Å²) in [5, 5.41) is 15.7. The third-order valence-electron chi connectivity index (χ3n) is 3.99. The molecular formula is C19H29ClN6. The maximum atomic E-state index is 5.98. The number of rotatable bonds is 8. The minimum absolute atomic E-state index is 0.131. The second kappa shape index (κ2) is 10.2. The SMILES string of the molecule is CCc1nncn1CCNC(=NCC(C)C)NC(C)c1ccc(Cl)cc1. The summed E-state index contributed by atoms with van der Waals surface area (Å²) in [4.78, 5) is 4.70. The van der Waals surface area contributed by atoms with Gasteiger partial charge < -0.3 is 15.2 Å². The van der Waals surface area contributed by atoms with E-state index in [0.717, 1.165) is 42.9 Å². The zero-order valence-corrected chi connectivity index (χ0v) is 16.8. The number of halogens is 1. The molecule has 1 aromatic carbocycles. The van der Waals surface area contributed by atoms with Crippen molar-refractivity contribution in [2.24, 2.45) is 10.9 Å². The van der Waals surface area contributed by atoms with Gasteiger partial charge in [0.25, 0.3) is 0 Å². The van der Waals surface area contributed by atoms with Crippen molar-refractivity contribution < 1.29 is 0 Å². The van der Waals surface area contributed by atoms with Crippen LogP contribution in [-0.4, -0.2) is 33.8 Å². The van der Waals surface area contributed by atoms with E-state index in [0.29, 0.717) is 5.92 Å². The van der Waals surface area contributed by atoms with E-state index in [-0.39, 0.29) is 6.04 Å². The number of aliphatic imine (C=N–C) groups is 1. The maximum absolute atomic E-state index is 5.98. The number of aryl methyl sites for hydroxylation is 1. The van der Waals surface area contributed by atoms with Crippen molar-refractivity contribution in [3.05, 3.63) is 47.0 Å². The molecule has 1 aromatic heterocycles. The molecule has 0 bridgehead atoms. The molecule has 0 aliphatic rings. The monoisotopic (exact) mass is 376 g/mol. The lowest BCUT2D eigenvalue weighted by atomic mass is 10.1. The topological polar surface area (TPSA) is 67.1 Å². The van der Waals surface area contributed by atoms with Gasteiger partial charge in [-0.05, 0) is 30.5 Å². The highest BCUT2D eigenvalue weighted by molar-refractivity contribution is 6.30. The Balaban J connectivity index is 1.96. The van der Waals surface area contributed by atoms with E-state index in [9.17, 15) is 0 Å². The molecule has 2 aromatic rings. The lowest BCUT2D eigenvalue weighted by Crippen LogP contribution is -2.40. The minimum atomic E-state index is 0.131. The number of nitrogens with one attached hydrogen (secondary N) is 2. The number of hydrogen-bond donors (Lipinski definition) is 2. The van der Waals surface area contributed by atoms with Crippen LogP contribution < -0.4 is 10.6 Å². The molecule has 0 fully saturated rings. The van der Waals surface area contributed by atoms with Crippen LogP contribution in [0.15, 0.2) is 35.6 Å². The van der Waals surface area contributed by atoms with Crippen LogP contribution in [0.1, 0.15) is 45.1 Å². The lowest BCUT2D eigenvalue weighted by Gasteiger charge is -2.19. The van der Waals surface area contributed by atoms with Crippen LogP contribution in [0.2, 0.25) is 5.02 Å². The molecule has 1 unspecified atom stereocenters. The van der Waals surface area contributed by atoms with E-state index in [4.69, 9.17) is 16.6 Å². The Bertz CT molecular complexity index is 692. The lowest BCUT2D eigenvalue weighted by molar-refractivity contribution is 0.609. The van der Waals surface area contributed by atoms with Gasteiger partial charge in [-0.2, -0.15) is 0 Å². The predicted octanol–water partition coefficient (Wildman–Crippen LogP) is 3.45. The number of guanidine groups is 1. The van der Waals surface area contributed by atoms with Crippen molar-refractivity contribution in [3.63, 3.8) is 0 Å². The van der Waals surface area contributed by atoms with E-state index in [1.54, 1.807) is 6.33 Å². The predicted molar refractivity (Wildman–Crippen MR) is 108 cm³/mol. The Morgan fingerprint density at radius 3 is 2.62 bits per heavy atom. The highest BCUT2D eigenvalue weighted by Gasteiger charge is 2.09. The smallest absolute Gasteiger partial charge is 0.191 e. The zero-order valence-electron chi connectivity index (χ0n) is 16.0. The van der Waals surface area contributed by atoms with Crippen LogP contribution in [0.3, 0.4) is 0 Å². The Morgan fingerprint density at radius 2 is 1.96 bits per heavy atom. The van der Waals surface area contributed by atoms with Gasteiger partial charge >= 0.3 is 0 Å². The third kappa shape index (κ3) is 6.33. The van der Waals surface area contributed by atoms with Crippen molar-refractivity contribution in [2.45, 2.75) is 46.7 Å². The van der Waals surface area contributed by atoms with Gasteiger partial charge in [0.15, 0.2) is 5.96 Å². The first-order valence-corrected chi connectivity index (χ1v) is 9.54. The highest BCUT2D eigenvalue weighted by Crippen LogP contribution is 2.15. The van der Waals surface area contributed by atoms with Crippen molar-refractivity contribution in [2.75, 3.05) is 13.1 Å². The Morgan fingerprint density at radius 1 is 1.23 bits per heavy atom. The Labute approximate surface area is 161 Å². The molecule has 0 spiro atoms. The summed E-state index contributed by atoms with van der Waals surface area (Å²) in [5.41, 5.74) is 1.17. The number of nitrogens with zero attached hydrogens (tertiary/aromatic N) is 4. The molecule has 7 heteroatoms. The van der Waals surface area contributed by atoms with Gasteiger partial charge in [0.2, 0.25) is 0 Å². The molecule has 0 aliphatic carbocycles. The molecule has 6 nitrogen and oxygen atoms in total. The summed E-state index contributed by atoms with van der Waals surface area (Å²) >= 11 is 5.98. The Kier molecular flexibility index (Phi) is 7.91. The van der Waals surface area contributed by atoms with Gasteiger partial charge in [0.1, 0.15) is 12.2 Å². The molecule has 2 rings (SSSR count). The standard InChI is InChI=1S/C19H29ClN6/c1-5-18-25-23-13-26(18)11-10-21-19(22-12-14(2)3)24-15(4)16-6-8-17(20)9-7-16/h6-9,13-15H,5,10-12H2,1-4H3,(H2,21,22,24). The van der Waals surface area contributed by atoms with Crippen LogP contribution in [0.5, 0.6) is 0 Å². The van der Waals surface area contributed by atoms with Crippen molar-refractivity contribution in [1.29, 1.82) is 0 Å². The summed E-state index contributed by atoms with van der Waals surface area (Å²) in [6.07, 6.45) is 2.65. The Hall–Kier alpha value is -2.08. The summed E-state index contributed by atoms with van der Waals surface area (Å²) in [6, 6.07) is 8.01. The van der Waals surface area contributed by atoms with Crippen LogP contribution in [0, 0.1) is 5.92 Å². The fraction of sp³-hybridized carbons (Fsp3) is 0.526. The van der Waals surface area contributed by atoms with Crippen LogP contribution in [0.4, 0.5) is 0 Å². The van der Waals surface area contributed by atoms with E-state index in [2.05, 4.69) is 53.1 Å². The molecule has 0 amide bonds. The molecule has 1 atom stereocenters. The quantitative estimate of drug-likeness (QED) is 0.547. The first kappa shape index (κ1) is 20.2. The molecule has 142 valence electrons. The van der Waals surface area contributed by atoms with Gasteiger partial charge in [-0.3, -0.25) is 4.99 Å². The van der Waals surface area contributed by atoms with Crippen LogP contribution in [-0.2, 0) is 13.0 Å². The van der Waals surface area contributed by atoms with Gasteiger partial charge in [0, 0.05) is 31.1 Å². The van der Waals surface area contributed by atoms with Gasteiger partial charge in [-0.25, -0.2) is 0 Å². The summed E-state index contributed by atoms with van der Waals surface area (Å²) in [5.74, 6) is 2.31. The number of aromatic nitrogens is 3. The van der Waals surface area contributed by atoms with Crippen molar-refractivity contribution >= 4 is 17.6 Å². The largest absolute Gasteiger partial charge is 0.355 e. The van der Waals surface area contributed by atoms with E-state index in [1.165, 1.54) is 5.56 Å². The van der Waals surface area contributed by atoms with Crippen molar-refractivity contribution in [1.82, 2.24) is 25.4 Å². The van der Waals surface area contributed by atoms with E-state index >= 15 is 0 Å². The fourth-order valence-electron chi connectivity index (χ4n) is 2.50. The first-order valence-electron chi connectivity index (χ1n) is 9.16. The van der Waals surface area contributed by atoms with Crippen molar-refractivity contribution in [3.8, 4) is 0 Å². The average Bonchev–Trinajstić information content (AvgIpc) is 3.07. The molecule has 26 heavy (non-hydrogen) atoms. The molecule has 0 saturated carbocycles. The van der Waals surface area contributed by atoms with Gasteiger partial charge in [-0.15, -0.1) is 10.2 Å². The van der Waals surface area contributed by atoms with Crippen LogP contribution in [0.25, 0.3) is 0 Å². The molecular weight excluding hydrogens is 348 g/mol. The van der Waals surface area contributed by atoms with Gasteiger partial charge in [0.05, 0.1) is 6.04 Å². The number of hydrogen-bond acceptors (Lipinski definition) is 3. The van der Waals surface area contributed by atoms with Crippen LogP contribution >= 0.6 is 11.6 Å². The number of benzene rings is 1. The second-order valence-electron chi connectivity index (χ2n) is 6.72.